The maximum atomic E-state index is 13.8. The minimum Gasteiger partial charge on any atom is -0.397 e. The Morgan fingerprint density at radius 1 is 1.14 bits per heavy atom. The summed E-state index contributed by atoms with van der Waals surface area (Å²) in [5.74, 6) is -0.330. The largest absolute Gasteiger partial charge is 0.418 e. The molecule has 44 heavy (non-hydrogen) atoms. The van der Waals surface area contributed by atoms with Crippen LogP contribution in [0.5, 0.6) is 0 Å². The van der Waals surface area contributed by atoms with E-state index in [0.29, 0.717) is 51.6 Å². The number of nitrogens with two attached hydrogens (primary N) is 1. The van der Waals surface area contributed by atoms with Crippen molar-refractivity contribution in [1.82, 2.24) is 24.9 Å². The van der Waals surface area contributed by atoms with Crippen molar-refractivity contribution in [3.05, 3.63) is 44.7 Å². The number of halogens is 4. The number of amides is 5. The number of fused-ring (bicyclic) bond motifs is 1. The van der Waals surface area contributed by atoms with Gasteiger partial charge in [-0.25, -0.2) is 9.59 Å². The van der Waals surface area contributed by atoms with Gasteiger partial charge < -0.3 is 30.7 Å². The molecule has 10 nitrogen and oxygen atoms in total. The van der Waals surface area contributed by atoms with E-state index in [1.807, 2.05) is 25.5 Å². The monoisotopic (exact) mass is 699 g/mol. The summed E-state index contributed by atoms with van der Waals surface area (Å²) >= 11 is 4.61. The highest BCUT2D eigenvalue weighted by molar-refractivity contribution is 9.10. The first kappa shape index (κ1) is 32.4. The molecule has 2 saturated heterocycles. The van der Waals surface area contributed by atoms with Crippen molar-refractivity contribution in [3.63, 3.8) is 0 Å². The zero-order chi connectivity index (χ0) is 31.8. The number of likely N-dealkylation sites (tertiary alicyclic amines) is 2. The topological polar surface area (TPSA) is 114 Å². The lowest BCUT2D eigenvalue weighted by Gasteiger charge is -2.40. The van der Waals surface area contributed by atoms with Crippen LogP contribution in [0.25, 0.3) is 0 Å². The molecule has 0 spiro atoms. The predicted octanol–water partition coefficient (Wildman–Crippen LogP) is 4.80. The quantitative estimate of drug-likeness (QED) is 0.375. The van der Waals surface area contributed by atoms with Gasteiger partial charge in [0.15, 0.2) is 0 Å². The van der Waals surface area contributed by atoms with Crippen molar-refractivity contribution < 1.29 is 27.6 Å². The maximum absolute atomic E-state index is 13.8. The van der Waals surface area contributed by atoms with Gasteiger partial charge in [0.25, 0.3) is 0 Å². The first-order chi connectivity index (χ1) is 20.8. The lowest BCUT2D eigenvalue weighted by Crippen LogP contribution is -2.57. The van der Waals surface area contributed by atoms with Crippen LogP contribution in [0.4, 0.5) is 33.4 Å². The molecule has 15 heteroatoms. The van der Waals surface area contributed by atoms with Crippen LogP contribution < -0.4 is 16.4 Å². The summed E-state index contributed by atoms with van der Waals surface area (Å²) in [7, 11) is 3.98. The number of nitrogen functional groups attached to an aromatic ring is 1. The van der Waals surface area contributed by atoms with Crippen LogP contribution in [0.15, 0.2) is 28.1 Å². The lowest BCUT2D eigenvalue weighted by molar-refractivity contribution is -0.137. The Kier molecular flexibility index (Phi) is 9.66. The first-order valence-corrected chi connectivity index (χ1v) is 16.3. The van der Waals surface area contributed by atoms with Gasteiger partial charge in [0, 0.05) is 54.7 Å². The van der Waals surface area contributed by atoms with Crippen molar-refractivity contribution in [1.29, 1.82) is 0 Å². The zero-order valence-corrected chi connectivity index (χ0v) is 27.0. The summed E-state index contributed by atoms with van der Waals surface area (Å²) in [6.45, 7) is 2.24. The molecule has 4 heterocycles. The third kappa shape index (κ3) is 7.09. The number of hydrogen-bond donors (Lipinski definition) is 3. The standard InChI is InChI=1S/C29H37BrF3N7O3S/c1-37(2)19-3-8-38(9-4-19)26(41)23(15-17-13-21(29(31,32)33)24(34)22(30)14-17)35-27(42)39-10-5-20(6-11-39)40-16-18-7-12-44-25(18)36-28(40)43/h7,12-14,19-20,23H,3-6,8-11,15-16,34H2,1-2H3,(H,35,42)(H,36,43)/t23-/m1/s1. The second kappa shape index (κ2) is 13.1. The number of nitrogens with one attached hydrogen (secondary N) is 2. The number of piperidine rings is 2. The summed E-state index contributed by atoms with van der Waals surface area (Å²) in [5.41, 5.74) is 5.56. The van der Waals surface area contributed by atoms with Gasteiger partial charge in [-0.05, 0) is 84.9 Å². The molecule has 1 atom stereocenters. The number of alkyl halides is 3. The molecule has 5 amide bonds. The van der Waals surface area contributed by atoms with Crippen molar-refractivity contribution in [2.75, 3.05) is 51.3 Å². The number of hydrogen-bond acceptors (Lipinski definition) is 6. The van der Waals surface area contributed by atoms with E-state index in [1.54, 1.807) is 14.7 Å². The Hall–Kier alpha value is -3.04. The molecule has 1 aromatic carbocycles. The Morgan fingerprint density at radius 2 is 1.80 bits per heavy atom. The van der Waals surface area contributed by atoms with Gasteiger partial charge in [-0.2, -0.15) is 13.2 Å². The van der Waals surface area contributed by atoms with Crippen molar-refractivity contribution in [2.45, 2.75) is 63.0 Å². The predicted molar refractivity (Wildman–Crippen MR) is 166 cm³/mol. The third-order valence-electron chi connectivity index (χ3n) is 8.80. The fourth-order valence-electron chi connectivity index (χ4n) is 6.20. The van der Waals surface area contributed by atoms with Crippen LogP contribution in [-0.4, -0.2) is 96.0 Å². The normalized spacial score (nSPS) is 19.2. The summed E-state index contributed by atoms with van der Waals surface area (Å²) in [6, 6.07) is 2.99. The molecule has 5 rings (SSSR count). The van der Waals surface area contributed by atoms with E-state index in [-0.39, 0.29) is 34.4 Å². The van der Waals surface area contributed by atoms with Crippen LogP contribution in [-0.2, 0) is 23.9 Å². The molecule has 0 bridgehead atoms. The Balaban J connectivity index is 1.28. The van der Waals surface area contributed by atoms with Crippen LogP contribution >= 0.6 is 27.3 Å². The average molecular weight is 701 g/mol. The van der Waals surface area contributed by atoms with Gasteiger partial charge in [-0.3, -0.25) is 10.1 Å². The first-order valence-electron chi connectivity index (χ1n) is 14.6. The van der Waals surface area contributed by atoms with Gasteiger partial charge in [-0.15, -0.1) is 11.3 Å². The number of carbonyl (C=O) groups is 3. The number of carbonyl (C=O) groups excluding carboxylic acids is 3. The number of benzene rings is 1. The number of rotatable bonds is 6. The van der Waals surface area contributed by atoms with E-state index in [1.165, 1.54) is 17.4 Å². The van der Waals surface area contributed by atoms with Crippen LogP contribution in [0.1, 0.15) is 42.4 Å². The molecular weight excluding hydrogens is 663 g/mol. The van der Waals surface area contributed by atoms with E-state index in [9.17, 15) is 27.6 Å². The van der Waals surface area contributed by atoms with Crippen LogP contribution in [0.2, 0.25) is 0 Å². The van der Waals surface area contributed by atoms with Crippen molar-refractivity contribution in [3.8, 4) is 0 Å². The summed E-state index contributed by atoms with van der Waals surface area (Å²) in [6.07, 6.45) is -2.16. The molecule has 1 aromatic heterocycles. The summed E-state index contributed by atoms with van der Waals surface area (Å²) < 4.78 is 41.2. The van der Waals surface area contributed by atoms with Gasteiger partial charge >= 0.3 is 18.2 Å². The Bertz CT molecular complexity index is 1390. The number of urea groups is 2. The number of thiophene rings is 1. The second-order valence-corrected chi connectivity index (χ2v) is 13.6. The van der Waals surface area contributed by atoms with E-state index in [0.717, 1.165) is 29.5 Å². The molecule has 0 saturated carbocycles. The highest BCUT2D eigenvalue weighted by Gasteiger charge is 2.37. The molecule has 4 N–H and O–H groups in total. The highest BCUT2D eigenvalue weighted by Crippen LogP contribution is 2.38. The van der Waals surface area contributed by atoms with Crippen LogP contribution in [0, 0.1) is 0 Å². The molecule has 240 valence electrons. The van der Waals surface area contributed by atoms with E-state index >= 15 is 0 Å². The summed E-state index contributed by atoms with van der Waals surface area (Å²) in [4.78, 5) is 47.2. The van der Waals surface area contributed by atoms with Gasteiger partial charge in [-0.1, -0.05) is 0 Å². The van der Waals surface area contributed by atoms with Crippen molar-refractivity contribution >= 4 is 55.9 Å². The van der Waals surface area contributed by atoms with Crippen molar-refractivity contribution in [2.24, 2.45) is 0 Å². The molecule has 2 fully saturated rings. The lowest BCUT2D eigenvalue weighted by atomic mass is 9.99. The molecule has 3 aliphatic rings. The molecular formula is C29H37BrF3N7O3S. The molecule has 2 aromatic rings. The number of anilines is 2. The third-order valence-corrected chi connectivity index (χ3v) is 10.3. The second-order valence-electron chi connectivity index (χ2n) is 11.8. The highest BCUT2D eigenvalue weighted by atomic mass is 79.9. The number of nitrogens with zero attached hydrogens (tertiary/aromatic N) is 4. The Labute approximate surface area is 266 Å². The molecule has 0 aliphatic carbocycles. The van der Waals surface area contributed by atoms with E-state index in [4.69, 9.17) is 5.73 Å². The molecule has 3 aliphatic heterocycles. The summed E-state index contributed by atoms with van der Waals surface area (Å²) in [5, 5.41) is 8.57. The van der Waals surface area contributed by atoms with E-state index < -0.39 is 29.5 Å². The fourth-order valence-corrected chi connectivity index (χ4v) is 7.50. The molecule has 0 radical (unpaired) electrons. The SMILES string of the molecule is CN(C)C1CCN(C(=O)[C@@H](Cc2cc(Br)c(N)c(C(F)(F)F)c2)NC(=O)N2CCC(N3Cc4ccsc4NC3=O)CC2)CC1. The van der Waals surface area contributed by atoms with Gasteiger partial charge in [0.1, 0.15) is 11.0 Å². The maximum Gasteiger partial charge on any atom is 0.418 e. The Morgan fingerprint density at radius 3 is 2.43 bits per heavy atom. The van der Waals surface area contributed by atoms with Crippen LogP contribution in [0.3, 0.4) is 0 Å². The molecule has 0 unspecified atom stereocenters. The minimum absolute atomic E-state index is 0.0459. The van der Waals surface area contributed by atoms with Gasteiger partial charge in [0.2, 0.25) is 5.91 Å². The minimum atomic E-state index is -4.68. The van der Waals surface area contributed by atoms with Gasteiger partial charge in [0.05, 0.1) is 17.8 Å². The smallest absolute Gasteiger partial charge is 0.397 e. The average Bonchev–Trinajstić information content (AvgIpc) is 3.44. The zero-order valence-electron chi connectivity index (χ0n) is 24.6. The van der Waals surface area contributed by atoms with E-state index in [2.05, 4.69) is 31.5 Å². The fraction of sp³-hybridized carbons (Fsp3) is 0.552.